The third kappa shape index (κ3) is 1.56. The molecular formula is C11H11NO. The van der Waals surface area contributed by atoms with Crippen LogP contribution in [-0.2, 0) is 6.42 Å². The smallest absolute Gasteiger partial charge is 0.134 e. The summed E-state index contributed by atoms with van der Waals surface area (Å²) in [6.07, 6.45) is 4.16. The van der Waals surface area contributed by atoms with Crippen molar-refractivity contribution < 1.29 is 4.42 Å². The van der Waals surface area contributed by atoms with Gasteiger partial charge in [-0.25, -0.2) is 0 Å². The van der Waals surface area contributed by atoms with Crippen molar-refractivity contribution in [1.82, 2.24) is 0 Å². The predicted octanol–water partition coefficient (Wildman–Crippen LogP) is 2.45. The Balaban J connectivity index is 2.38. The van der Waals surface area contributed by atoms with E-state index in [4.69, 9.17) is 10.2 Å². The normalized spacial score (nSPS) is 11.4. The predicted molar refractivity (Wildman–Crippen MR) is 53.2 cm³/mol. The van der Waals surface area contributed by atoms with Crippen LogP contribution >= 0.6 is 0 Å². The van der Waals surface area contributed by atoms with E-state index < -0.39 is 0 Å². The third-order valence-electron chi connectivity index (χ3n) is 1.93. The number of nitrogens with two attached hydrogens (primary N) is 1. The summed E-state index contributed by atoms with van der Waals surface area (Å²) in [7, 11) is 0. The maximum Gasteiger partial charge on any atom is 0.134 e. The Hall–Kier alpha value is -1.70. The molecule has 2 heteroatoms. The van der Waals surface area contributed by atoms with Gasteiger partial charge in [-0.15, -0.1) is 0 Å². The summed E-state index contributed by atoms with van der Waals surface area (Å²) in [5, 5.41) is 1.14. The average molecular weight is 173 g/mol. The van der Waals surface area contributed by atoms with E-state index in [1.54, 1.807) is 0 Å². The average Bonchev–Trinajstić information content (AvgIpc) is 2.57. The van der Waals surface area contributed by atoms with Crippen LogP contribution in [0, 0.1) is 0 Å². The number of allylic oxidation sites excluding steroid dienone is 1. The van der Waals surface area contributed by atoms with E-state index in [2.05, 4.69) is 0 Å². The highest BCUT2D eigenvalue weighted by molar-refractivity contribution is 5.77. The second-order valence-corrected chi connectivity index (χ2v) is 2.88. The topological polar surface area (TPSA) is 39.2 Å². The van der Waals surface area contributed by atoms with Gasteiger partial charge in [-0.3, -0.25) is 0 Å². The van der Waals surface area contributed by atoms with Crippen molar-refractivity contribution in [3.63, 3.8) is 0 Å². The highest BCUT2D eigenvalue weighted by Crippen LogP contribution is 2.18. The number of furan rings is 1. The van der Waals surface area contributed by atoms with Gasteiger partial charge in [-0.2, -0.15) is 0 Å². The first-order valence-electron chi connectivity index (χ1n) is 4.24. The van der Waals surface area contributed by atoms with E-state index >= 15 is 0 Å². The van der Waals surface area contributed by atoms with Crippen molar-refractivity contribution in [3.8, 4) is 0 Å². The molecule has 0 amide bonds. The molecule has 0 saturated heterocycles. The molecule has 13 heavy (non-hydrogen) atoms. The standard InChI is InChI=1S/C11H11NO/c12-7-3-5-10-8-9-4-1-2-6-11(9)13-10/h1-4,6-8H,5,12H2. The lowest BCUT2D eigenvalue weighted by atomic mass is 10.2. The van der Waals surface area contributed by atoms with Gasteiger partial charge in [-0.05, 0) is 18.3 Å². The van der Waals surface area contributed by atoms with Crippen LogP contribution in [0.4, 0.5) is 0 Å². The molecule has 2 rings (SSSR count). The molecule has 0 bridgehead atoms. The molecule has 0 spiro atoms. The Kier molecular flexibility index (Phi) is 2.04. The maximum atomic E-state index is 5.56. The molecule has 0 aliphatic carbocycles. The van der Waals surface area contributed by atoms with Crippen molar-refractivity contribution in [2.75, 3.05) is 0 Å². The molecule has 0 unspecified atom stereocenters. The summed E-state index contributed by atoms with van der Waals surface area (Å²) in [4.78, 5) is 0. The molecule has 1 aromatic heterocycles. The zero-order valence-electron chi connectivity index (χ0n) is 7.23. The van der Waals surface area contributed by atoms with E-state index in [-0.39, 0.29) is 0 Å². The van der Waals surface area contributed by atoms with Gasteiger partial charge in [0.25, 0.3) is 0 Å². The van der Waals surface area contributed by atoms with Crippen molar-refractivity contribution in [3.05, 3.63) is 48.4 Å². The summed E-state index contributed by atoms with van der Waals surface area (Å²) >= 11 is 0. The Bertz CT molecular complexity index is 395. The second-order valence-electron chi connectivity index (χ2n) is 2.88. The lowest BCUT2D eigenvalue weighted by Crippen LogP contribution is -1.79. The molecule has 0 fully saturated rings. The zero-order valence-corrected chi connectivity index (χ0v) is 7.23. The zero-order chi connectivity index (χ0) is 9.10. The van der Waals surface area contributed by atoms with Crippen molar-refractivity contribution >= 4 is 11.0 Å². The van der Waals surface area contributed by atoms with Gasteiger partial charge in [0.15, 0.2) is 0 Å². The van der Waals surface area contributed by atoms with Gasteiger partial charge in [0.05, 0.1) is 0 Å². The molecule has 66 valence electrons. The fourth-order valence-corrected chi connectivity index (χ4v) is 1.32. The highest BCUT2D eigenvalue weighted by atomic mass is 16.3. The Morgan fingerprint density at radius 2 is 2.15 bits per heavy atom. The van der Waals surface area contributed by atoms with Crippen molar-refractivity contribution in [2.24, 2.45) is 5.73 Å². The minimum absolute atomic E-state index is 0.755. The summed E-state index contributed by atoms with van der Waals surface area (Å²) in [5.74, 6) is 0.947. The van der Waals surface area contributed by atoms with Crippen LogP contribution in [0.2, 0.25) is 0 Å². The fraction of sp³-hybridized carbons (Fsp3) is 0.0909. The SMILES string of the molecule is NC=CCc1cc2ccccc2o1. The summed E-state index contributed by atoms with van der Waals surface area (Å²) in [6, 6.07) is 10.0. The molecule has 2 aromatic rings. The minimum Gasteiger partial charge on any atom is -0.461 e. The van der Waals surface area contributed by atoms with Crippen LogP contribution in [0.3, 0.4) is 0 Å². The van der Waals surface area contributed by atoms with Gasteiger partial charge in [0.1, 0.15) is 11.3 Å². The van der Waals surface area contributed by atoms with Crippen LogP contribution in [0.15, 0.2) is 47.0 Å². The molecular weight excluding hydrogens is 162 g/mol. The lowest BCUT2D eigenvalue weighted by molar-refractivity contribution is 0.565. The molecule has 0 aliphatic rings. The van der Waals surface area contributed by atoms with E-state index in [0.717, 1.165) is 23.2 Å². The molecule has 0 radical (unpaired) electrons. The largest absolute Gasteiger partial charge is 0.461 e. The highest BCUT2D eigenvalue weighted by Gasteiger charge is 1.99. The molecule has 2 nitrogen and oxygen atoms in total. The summed E-state index contributed by atoms with van der Waals surface area (Å²) in [5.41, 5.74) is 6.18. The third-order valence-corrected chi connectivity index (χ3v) is 1.93. The molecule has 1 heterocycles. The number of hydrogen-bond donors (Lipinski definition) is 1. The van der Waals surface area contributed by atoms with E-state index in [1.807, 2.05) is 36.4 Å². The number of fused-ring (bicyclic) bond motifs is 1. The Labute approximate surface area is 76.7 Å². The quantitative estimate of drug-likeness (QED) is 0.757. The molecule has 0 atom stereocenters. The van der Waals surface area contributed by atoms with Crippen LogP contribution in [0.5, 0.6) is 0 Å². The van der Waals surface area contributed by atoms with Crippen LogP contribution < -0.4 is 5.73 Å². The maximum absolute atomic E-state index is 5.56. The van der Waals surface area contributed by atoms with Gasteiger partial charge in [0.2, 0.25) is 0 Å². The Morgan fingerprint density at radius 3 is 2.92 bits per heavy atom. The summed E-state index contributed by atoms with van der Waals surface area (Å²) in [6.45, 7) is 0. The number of hydrogen-bond acceptors (Lipinski definition) is 2. The Morgan fingerprint density at radius 1 is 1.31 bits per heavy atom. The number of benzene rings is 1. The number of para-hydroxylation sites is 1. The number of rotatable bonds is 2. The first-order chi connectivity index (χ1) is 6.40. The van der Waals surface area contributed by atoms with Crippen LogP contribution in [0.1, 0.15) is 5.76 Å². The van der Waals surface area contributed by atoms with Crippen LogP contribution in [-0.4, -0.2) is 0 Å². The second kappa shape index (κ2) is 3.35. The van der Waals surface area contributed by atoms with E-state index in [0.29, 0.717) is 0 Å². The molecule has 0 aliphatic heterocycles. The van der Waals surface area contributed by atoms with Crippen LogP contribution in [0.25, 0.3) is 11.0 Å². The van der Waals surface area contributed by atoms with Gasteiger partial charge in [-0.1, -0.05) is 24.3 Å². The first-order valence-corrected chi connectivity index (χ1v) is 4.24. The molecule has 2 N–H and O–H groups in total. The van der Waals surface area contributed by atoms with Gasteiger partial charge < -0.3 is 10.2 Å². The molecule has 0 saturated carbocycles. The van der Waals surface area contributed by atoms with Gasteiger partial charge in [0, 0.05) is 11.8 Å². The van der Waals surface area contributed by atoms with E-state index in [1.165, 1.54) is 6.20 Å². The lowest BCUT2D eigenvalue weighted by Gasteiger charge is -1.85. The van der Waals surface area contributed by atoms with Gasteiger partial charge >= 0.3 is 0 Å². The minimum atomic E-state index is 0.755. The van der Waals surface area contributed by atoms with Crippen molar-refractivity contribution in [2.45, 2.75) is 6.42 Å². The summed E-state index contributed by atoms with van der Waals surface area (Å²) < 4.78 is 5.56. The van der Waals surface area contributed by atoms with E-state index in [9.17, 15) is 0 Å². The monoisotopic (exact) mass is 173 g/mol. The fourth-order valence-electron chi connectivity index (χ4n) is 1.32. The van der Waals surface area contributed by atoms with Crippen molar-refractivity contribution in [1.29, 1.82) is 0 Å². The molecule has 1 aromatic carbocycles. The first kappa shape index (κ1) is 7.92.